The van der Waals surface area contributed by atoms with Gasteiger partial charge in [-0.15, -0.1) is 0 Å². The Hall–Kier alpha value is -1.07. The van der Waals surface area contributed by atoms with Crippen molar-refractivity contribution in [3.8, 4) is 0 Å². The zero-order valence-corrected chi connectivity index (χ0v) is 7.85. The molecule has 76 valence electrons. The van der Waals surface area contributed by atoms with Gasteiger partial charge in [-0.05, 0) is 0 Å². The number of hydrogen-bond donors (Lipinski definition) is 1. The number of H-pyrrole nitrogens is 1. The lowest BCUT2D eigenvalue weighted by Crippen LogP contribution is -2.36. The Kier molecular flexibility index (Phi) is 1.92. The summed E-state index contributed by atoms with van der Waals surface area (Å²) in [6.07, 6.45) is 2.28. The highest BCUT2D eigenvalue weighted by Crippen LogP contribution is 2.23. The van der Waals surface area contributed by atoms with Crippen LogP contribution in [0.5, 0.6) is 0 Å². The van der Waals surface area contributed by atoms with Crippen molar-refractivity contribution >= 4 is 5.82 Å². The second-order valence-corrected chi connectivity index (χ2v) is 3.66. The van der Waals surface area contributed by atoms with Crippen LogP contribution in [0.1, 0.15) is 0 Å². The van der Waals surface area contributed by atoms with Crippen LogP contribution in [0.2, 0.25) is 0 Å². The number of aromatic nitrogens is 2. The summed E-state index contributed by atoms with van der Waals surface area (Å²) in [6, 6.07) is 1.97. The minimum atomic E-state index is 0.223. The standard InChI is InChI=1S/C9H13N3O2/c1-2-10-11-9(1)12-5-7-8(6-12)14-4-3-13-7/h1-2,7-8H,3-6H2,(H,10,11)/t7-,8+. The lowest BCUT2D eigenvalue weighted by Gasteiger charge is -2.24. The number of rotatable bonds is 1. The first-order valence-corrected chi connectivity index (χ1v) is 4.91. The molecule has 5 nitrogen and oxygen atoms in total. The third kappa shape index (κ3) is 1.29. The van der Waals surface area contributed by atoms with E-state index in [-0.39, 0.29) is 12.2 Å². The van der Waals surface area contributed by atoms with Gasteiger partial charge < -0.3 is 14.4 Å². The molecule has 3 heterocycles. The van der Waals surface area contributed by atoms with E-state index in [2.05, 4.69) is 15.1 Å². The zero-order chi connectivity index (χ0) is 9.38. The maximum absolute atomic E-state index is 5.63. The number of nitrogens with zero attached hydrogens (tertiary/aromatic N) is 2. The summed E-state index contributed by atoms with van der Waals surface area (Å²) in [5, 5.41) is 6.96. The van der Waals surface area contributed by atoms with Gasteiger partial charge >= 0.3 is 0 Å². The minimum Gasteiger partial charge on any atom is -0.371 e. The fraction of sp³-hybridized carbons (Fsp3) is 0.667. The molecular formula is C9H13N3O2. The average molecular weight is 195 g/mol. The van der Waals surface area contributed by atoms with Gasteiger partial charge in [0.25, 0.3) is 0 Å². The van der Waals surface area contributed by atoms with Gasteiger partial charge in [-0.25, -0.2) is 0 Å². The van der Waals surface area contributed by atoms with Crippen molar-refractivity contribution in [2.75, 3.05) is 31.2 Å². The molecule has 2 fully saturated rings. The quantitative estimate of drug-likeness (QED) is 0.686. The lowest BCUT2D eigenvalue weighted by molar-refractivity contribution is -0.116. The summed E-state index contributed by atoms with van der Waals surface area (Å²) >= 11 is 0. The topological polar surface area (TPSA) is 50.4 Å². The van der Waals surface area contributed by atoms with Gasteiger partial charge in [0.1, 0.15) is 18.0 Å². The number of ether oxygens (including phenoxy) is 2. The molecule has 2 atom stereocenters. The Morgan fingerprint density at radius 2 is 2.00 bits per heavy atom. The summed E-state index contributed by atoms with van der Waals surface area (Å²) < 4.78 is 11.3. The number of fused-ring (bicyclic) bond motifs is 1. The molecule has 0 aliphatic carbocycles. The molecule has 3 rings (SSSR count). The van der Waals surface area contributed by atoms with E-state index < -0.39 is 0 Å². The molecule has 2 aliphatic rings. The van der Waals surface area contributed by atoms with E-state index in [0.717, 1.165) is 32.1 Å². The van der Waals surface area contributed by atoms with E-state index in [1.54, 1.807) is 0 Å². The van der Waals surface area contributed by atoms with Crippen molar-refractivity contribution in [1.29, 1.82) is 0 Å². The molecule has 0 radical (unpaired) electrons. The summed E-state index contributed by atoms with van der Waals surface area (Å²) in [7, 11) is 0. The molecular weight excluding hydrogens is 182 g/mol. The number of anilines is 1. The SMILES string of the molecule is c1cc(N2C[C@@H]3OCCO[C@@H]3C2)n[nH]1. The molecule has 1 N–H and O–H groups in total. The molecule has 0 unspecified atom stereocenters. The van der Waals surface area contributed by atoms with Crippen LogP contribution in [0.25, 0.3) is 0 Å². The van der Waals surface area contributed by atoms with Gasteiger partial charge in [0.05, 0.1) is 13.2 Å². The number of hydrogen-bond acceptors (Lipinski definition) is 4. The zero-order valence-electron chi connectivity index (χ0n) is 7.85. The van der Waals surface area contributed by atoms with E-state index in [4.69, 9.17) is 9.47 Å². The van der Waals surface area contributed by atoms with Crippen molar-refractivity contribution in [3.63, 3.8) is 0 Å². The Bertz CT molecular complexity index is 287. The average Bonchev–Trinajstić information content (AvgIpc) is 2.86. The molecule has 1 aromatic heterocycles. The summed E-state index contributed by atoms with van der Waals surface area (Å²) in [4.78, 5) is 2.19. The molecule has 0 amide bonds. The van der Waals surface area contributed by atoms with E-state index in [0.29, 0.717) is 0 Å². The fourth-order valence-electron chi connectivity index (χ4n) is 2.08. The van der Waals surface area contributed by atoms with Crippen LogP contribution in [-0.2, 0) is 9.47 Å². The molecule has 0 aromatic carbocycles. The maximum atomic E-state index is 5.63. The Balaban J connectivity index is 1.74. The van der Waals surface area contributed by atoms with Crippen LogP contribution in [0, 0.1) is 0 Å². The molecule has 0 spiro atoms. The normalized spacial score (nSPS) is 31.9. The monoisotopic (exact) mass is 195 g/mol. The van der Waals surface area contributed by atoms with Gasteiger partial charge in [0, 0.05) is 25.4 Å². The third-order valence-electron chi connectivity index (χ3n) is 2.77. The smallest absolute Gasteiger partial charge is 0.150 e. The minimum absolute atomic E-state index is 0.223. The molecule has 5 heteroatoms. The second kappa shape index (κ2) is 3.25. The van der Waals surface area contributed by atoms with Gasteiger partial charge in [0.15, 0.2) is 0 Å². The largest absolute Gasteiger partial charge is 0.371 e. The molecule has 14 heavy (non-hydrogen) atoms. The van der Waals surface area contributed by atoms with Gasteiger partial charge in [-0.3, -0.25) is 5.10 Å². The number of nitrogens with one attached hydrogen (secondary N) is 1. The molecule has 0 saturated carbocycles. The van der Waals surface area contributed by atoms with Gasteiger partial charge in [0.2, 0.25) is 0 Å². The molecule has 2 saturated heterocycles. The Morgan fingerprint density at radius 1 is 1.29 bits per heavy atom. The van der Waals surface area contributed by atoms with Crippen LogP contribution < -0.4 is 4.90 Å². The highest BCUT2D eigenvalue weighted by Gasteiger charge is 2.37. The van der Waals surface area contributed by atoms with Crippen LogP contribution in [0.15, 0.2) is 12.3 Å². The summed E-state index contributed by atoms with van der Waals surface area (Å²) in [5.41, 5.74) is 0. The van der Waals surface area contributed by atoms with E-state index in [1.807, 2.05) is 12.3 Å². The van der Waals surface area contributed by atoms with E-state index in [1.165, 1.54) is 0 Å². The third-order valence-corrected chi connectivity index (χ3v) is 2.77. The van der Waals surface area contributed by atoms with Crippen LogP contribution in [-0.4, -0.2) is 48.7 Å². The summed E-state index contributed by atoms with van der Waals surface area (Å²) in [6.45, 7) is 3.20. The van der Waals surface area contributed by atoms with Crippen molar-refractivity contribution in [3.05, 3.63) is 12.3 Å². The van der Waals surface area contributed by atoms with Crippen LogP contribution >= 0.6 is 0 Å². The summed E-state index contributed by atoms with van der Waals surface area (Å²) in [5.74, 6) is 0.978. The van der Waals surface area contributed by atoms with Gasteiger partial charge in [-0.2, -0.15) is 5.10 Å². The molecule has 0 bridgehead atoms. The lowest BCUT2D eigenvalue weighted by atomic mass is 10.2. The van der Waals surface area contributed by atoms with Gasteiger partial charge in [-0.1, -0.05) is 0 Å². The molecule has 1 aromatic rings. The first kappa shape index (κ1) is 8.26. The first-order valence-electron chi connectivity index (χ1n) is 4.91. The van der Waals surface area contributed by atoms with E-state index in [9.17, 15) is 0 Å². The predicted molar refractivity (Wildman–Crippen MR) is 50.3 cm³/mol. The van der Waals surface area contributed by atoms with Crippen molar-refractivity contribution in [2.45, 2.75) is 12.2 Å². The van der Waals surface area contributed by atoms with Crippen molar-refractivity contribution in [2.24, 2.45) is 0 Å². The number of aromatic amines is 1. The predicted octanol–water partition coefficient (Wildman–Crippen LogP) is 0.0137. The maximum Gasteiger partial charge on any atom is 0.150 e. The van der Waals surface area contributed by atoms with Crippen molar-refractivity contribution < 1.29 is 9.47 Å². The first-order chi connectivity index (χ1) is 6.93. The highest BCUT2D eigenvalue weighted by atomic mass is 16.6. The Morgan fingerprint density at radius 3 is 2.57 bits per heavy atom. The second-order valence-electron chi connectivity index (χ2n) is 3.66. The molecule has 2 aliphatic heterocycles. The van der Waals surface area contributed by atoms with Crippen LogP contribution in [0.4, 0.5) is 5.82 Å². The fourth-order valence-corrected chi connectivity index (χ4v) is 2.08. The van der Waals surface area contributed by atoms with Crippen LogP contribution in [0.3, 0.4) is 0 Å². The van der Waals surface area contributed by atoms with Crippen molar-refractivity contribution in [1.82, 2.24) is 10.2 Å². The van der Waals surface area contributed by atoms with E-state index >= 15 is 0 Å². The Labute approximate surface area is 82.0 Å². The highest BCUT2D eigenvalue weighted by molar-refractivity contribution is 5.39.